The number of ether oxygens (including phenoxy) is 1. The van der Waals surface area contributed by atoms with Crippen molar-refractivity contribution in [1.29, 1.82) is 0 Å². The van der Waals surface area contributed by atoms with Crippen LogP contribution in [0.4, 0.5) is 4.79 Å². The first-order valence-electron chi connectivity index (χ1n) is 4.27. The third kappa shape index (κ3) is 2.01. The number of urea groups is 1. The number of likely N-dealkylation sites (N-methyl/N-ethyl adjacent to an activating group) is 1. The molecule has 0 radical (unpaired) electrons. The molecule has 0 atom stereocenters. The Morgan fingerprint density at radius 2 is 2.14 bits per heavy atom. The molecule has 0 aromatic carbocycles. The van der Waals surface area contributed by atoms with Crippen LogP contribution in [0, 0.1) is 0 Å². The van der Waals surface area contributed by atoms with Gasteiger partial charge in [-0.3, -0.25) is 14.5 Å². The normalized spacial score (nSPS) is 16.4. The van der Waals surface area contributed by atoms with E-state index in [2.05, 4.69) is 4.74 Å². The molecule has 1 saturated heterocycles. The highest BCUT2D eigenvalue weighted by Crippen LogP contribution is 2.07. The van der Waals surface area contributed by atoms with Crippen LogP contribution in [-0.2, 0) is 14.3 Å². The third-order valence-corrected chi connectivity index (χ3v) is 1.82. The topological polar surface area (TPSA) is 66.9 Å². The quantitative estimate of drug-likeness (QED) is 0.452. The maximum absolute atomic E-state index is 11.3. The Hall–Kier alpha value is -1.59. The molecule has 0 aromatic heterocycles. The largest absolute Gasteiger partial charge is 0.465 e. The van der Waals surface area contributed by atoms with E-state index in [4.69, 9.17) is 0 Å². The van der Waals surface area contributed by atoms with Crippen molar-refractivity contribution in [2.24, 2.45) is 0 Å². The minimum Gasteiger partial charge on any atom is -0.465 e. The summed E-state index contributed by atoms with van der Waals surface area (Å²) in [6.07, 6.45) is 0. The number of rotatable bonds is 3. The minimum absolute atomic E-state index is 0.0260. The van der Waals surface area contributed by atoms with Gasteiger partial charge in [-0.15, -0.1) is 0 Å². The van der Waals surface area contributed by atoms with Crippen molar-refractivity contribution in [3.8, 4) is 0 Å². The molecule has 0 aromatic rings. The summed E-state index contributed by atoms with van der Waals surface area (Å²) in [4.78, 5) is 35.6. The minimum atomic E-state index is -0.565. The maximum Gasteiger partial charge on any atom is 0.327 e. The van der Waals surface area contributed by atoms with Crippen LogP contribution in [0.25, 0.3) is 0 Å². The van der Waals surface area contributed by atoms with Gasteiger partial charge in [0.1, 0.15) is 13.1 Å². The summed E-state index contributed by atoms with van der Waals surface area (Å²) in [6, 6.07) is -0.456. The van der Waals surface area contributed by atoms with E-state index in [-0.39, 0.29) is 25.6 Å². The fourth-order valence-electron chi connectivity index (χ4n) is 1.16. The molecule has 1 heterocycles. The van der Waals surface area contributed by atoms with Crippen LogP contribution < -0.4 is 0 Å². The summed E-state index contributed by atoms with van der Waals surface area (Å²) in [5.74, 6) is -0.935. The summed E-state index contributed by atoms with van der Waals surface area (Å²) in [5.41, 5.74) is 0. The van der Waals surface area contributed by atoms with Gasteiger partial charge in [0, 0.05) is 7.05 Å². The van der Waals surface area contributed by atoms with Gasteiger partial charge in [-0.25, -0.2) is 4.79 Å². The highest BCUT2D eigenvalue weighted by molar-refractivity contribution is 6.03. The van der Waals surface area contributed by atoms with Crippen LogP contribution in [0.2, 0.25) is 0 Å². The van der Waals surface area contributed by atoms with E-state index in [1.54, 1.807) is 6.92 Å². The number of esters is 1. The second kappa shape index (κ2) is 4.08. The van der Waals surface area contributed by atoms with E-state index in [0.717, 1.165) is 4.90 Å². The van der Waals surface area contributed by atoms with Crippen molar-refractivity contribution in [2.75, 3.05) is 26.7 Å². The van der Waals surface area contributed by atoms with Crippen molar-refractivity contribution >= 4 is 17.9 Å². The van der Waals surface area contributed by atoms with Gasteiger partial charge >= 0.3 is 12.0 Å². The smallest absolute Gasteiger partial charge is 0.327 e. The van der Waals surface area contributed by atoms with Crippen LogP contribution in [0.5, 0.6) is 0 Å². The highest BCUT2D eigenvalue weighted by atomic mass is 16.5. The van der Waals surface area contributed by atoms with Crippen LogP contribution in [0.3, 0.4) is 0 Å². The lowest BCUT2D eigenvalue weighted by molar-refractivity contribution is -0.146. The zero-order valence-corrected chi connectivity index (χ0v) is 8.15. The van der Waals surface area contributed by atoms with Gasteiger partial charge in [-0.2, -0.15) is 0 Å². The molecular formula is C8H12N2O4. The number of carbonyl (C=O) groups is 3. The molecule has 1 fully saturated rings. The van der Waals surface area contributed by atoms with Crippen LogP contribution >= 0.6 is 0 Å². The van der Waals surface area contributed by atoms with Gasteiger partial charge in [0.05, 0.1) is 6.61 Å². The second-order valence-corrected chi connectivity index (χ2v) is 2.92. The second-order valence-electron chi connectivity index (χ2n) is 2.92. The number of carbonyl (C=O) groups excluding carboxylic acids is 3. The Labute approximate surface area is 81.4 Å². The molecular weight excluding hydrogens is 188 g/mol. The predicted molar refractivity (Wildman–Crippen MR) is 46.4 cm³/mol. The Bertz CT molecular complexity index is 277. The van der Waals surface area contributed by atoms with E-state index in [1.807, 2.05) is 0 Å². The van der Waals surface area contributed by atoms with Gasteiger partial charge in [0.15, 0.2) is 0 Å². The summed E-state index contributed by atoms with van der Waals surface area (Å²) < 4.78 is 4.63. The summed E-state index contributed by atoms with van der Waals surface area (Å²) in [7, 11) is 1.51. The van der Waals surface area contributed by atoms with E-state index >= 15 is 0 Å². The fourth-order valence-corrected chi connectivity index (χ4v) is 1.16. The molecule has 1 rings (SSSR count). The molecule has 0 bridgehead atoms. The van der Waals surface area contributed by atoms with Gasteiger partial charge in [-0.1, -0.05) is 0 Å². The SMILES string of the molecule is CCOC(=O)CN1C(=O)CN(C)C1=O. The highest BCUT2D eigenvalue weighted by Gasteiger charge is 2.34. The van der Waals surface area contributed by atoms with Crippen molar-refractivity contribution in [2.45, 2.75) is 6.92 Å². The van der Waals surface area contributed by atoms with Crippen molar-refractivity contribution in [3.63, 3.8) is 0 Å². The van der Waals surface area contributed by atoms with E-state index in [1.165, 1.54) is 11.9 Å². The third-order valence-electron chi connectivity index (χ3n) is 1.82. The lowest BCUT2D eigenvalue weighted by Gasteiger charge is -2.12. The van der Waals surface area contributed by atoms with Crippen LogP contribution in [0.1, 0.15) is 6.92 Å². The van der Waals surface area contributed by atoms with Gasteiger partial charge in [-0.05, 0) is 6.92 Å². The van der Waals surface area contributed by atoms with E-state index in [9.17, 15) is 14.4 Å². The molecule has 0 N–H and O–H groups in total. The van der Waals surface area contributed by atoms with E-state index in [0.29, 0.717) is 0 Å². The zero-order valence-electron chi connectivity index (χ0n) is 8.15. The lowest BCUT2D eigenvalue weighted by Crippen LogP contribution is -2.36. The van der Waals surface area contributed by atoms with Crippen molar-refractivity contribution in [1.82, 2.24) is 9.80 Å². The molecule has 1 aliphatic heterocycles. The number of hydrogen-bond donors (Lipinski definition) is 0. The first kappa shape index (κ1) is 10.5. The molecule has 14 heavy (non-hydrogen) atoms. The fraction of sp³-hybridized carbons (Fsp3) is 0.625. The van der Waals surface area contributed by atoms with Gasteiger partial charge in [0.2, 0.25) is 0 Å². The molecule has 3 amide bonds. The monoisotopic (exact) mass is 200 g/mol. The Balaban J connectivity index is 2.56. The molecule has 6 heteroatoms. The molecule has 78 valence electrons. The van der Waals surface area contributed by atoms with Crippen LogP contribution in [-0.4, -0.2) is 54.5 Å². The Kier molecular flexibility index (Phi) is 3.06. The molecule has 0 saturated carbocycles. The Morgan fingerprint density at radius 1 is 1.50 bits per heavy atom. The Morgan fingerprint density at radius 3 is 2.57 bits per heavy atom. The zero-order chi connectivity index (χ0) is 10.7. The maximum atomic E-state index is 11.3. The van der Waals surface area contributed by atoms with E-state index < -0.39 is 12.0 Å². The first-order valence-corrected chi connectivity index (χ1v) is 4.27. The lowest BCUT2D eigenvalue weighted by atomic mass is 10.5. The summed E-state index contributed by atoms with van der Waals surface area (Å²) in [5, 5.41) is 0. The van der Waals surface area contributed by atoms with Crippen LogP contribution in [0.15, 0.2) is 0 Å². The van der Waals surface area contributed by atoms with Gasteiger partial charge < -0.3 is 9.64 Å². The summed E-state index contributed by atoms with van der Waals surface area (Å²) >= 11 is 0. The summed E-state index contributed by atoms with van der Waals surface area (Å²) in [6.45, 7) is 1.64. The average molecular weight is 200 g/mol. The molecule has 0 spiro atoms. The molecule has 6 nitrogen and oxygen atoms in total. The number of hydrogen-bond acceptors (Lipinski definition) is 4. The molecule has 1 aliphatic rings. The first-order chi connectivity index (χ1) is 6.56. The molecule has 0 unspecified atom stereocenters. The molecule has 0 aliphatic carbocycles. The van der Waals surface area contributed by atoms with Crippen molar-refractivity contribution in [3.05, 3.63) is 0 Å². The van der Waals surface area contributed by atoms with Crippen molar-refractivity contribution < 1.29 is 19.1 Å². The standard InChI is InChI=1S/C8H12N2O4/c1-3-14-7(12)5-10-6(11)4-9(2)8(10)13/h3-5H2,1-2H3. The number of nitrogens with zero attached hydrogens (tertiary/aromatic N) is 2. The van der Waals surface area contributed by atoms with Gasteiger partial charge in [0.25, 0.3) is 5.91 Å². The number of imide groups is 1. The number of amides is 3. The average Bonchev–Trinajstić information content (AvgIpc) is 2.33. The predicted octanol–water partition coefficient (Wildman–Crippen LogP) is -0.556.